The number of halogens is 1. The molecule has 1 fully saturated rings. The largest absolute Gasteiger partial charge is 0.349 e. The third-order valence-corrected chi connectivity index (χ3v) is 3.99. The van der Waals surface area contributed by atoms with E-state index in [-0.39, 0.29) is 11.4 Å². The maximum atomic E-state index is 11.8. The first-order chi connectivity index (χ1) is 7.72. The van der Waals surface area contributed by atoms with E-state index in [1.54, 1.807) is 0 Å². The van der Waals surface area contributed by atoms with Gasteiger partial charge in [-0.25, -0.2) is 0 Å². The molecular formula is C13H24ClNO. The molecule has 0 aromatic heterocycles. The summed E-state index contributed by atoms with van der Waals surface area (Å²) in [6.07, 6.45) is 9.74. The first-order valence-corrected chi connectivity index (χ1v) is 7.13. The highest BCUT2D eigenvalue weighted by Crippen LogP contribution is 2.29. The van der Waals surface area contributed by atoms with Crippen LogP contribution in [0.5, 0.6) is 0 Å². The zero-order chi connectivity index (χ0) is 11.9. The zero-order valence-electron chi connectivity index (χ0n) is 10.4. The quantitative estimate of drug-likeness (QED) is 0.562. The highest BCUT2D eigenvalue weighted by molar-refractivity contribution is 6.18. The molecule has 3 heteroatoms. The fourth-order valence-electron chi connectivity index (χ4n) is 2.41. The van der Waals surface area contributed by atoms with Gasteiger partial charge in [0.25, 0.3) is 0 Å². The lowest BCUT2D eigenvalue weighted by molar-refractivity contribution is -0.123. The van der Waals surface area contributed by atoms with Gasteiger partial charge in [0.05, 0.1) is 5.54 Å². The highest BCUT2D eigenvalue weighted by atomic mass is 35.5. The normalized spacial score (nSPS) is 19.4. The summed E-state index contributed by atoms with van der Waals surface area (Å²) < 4.78 is 0. The Balaban J connectivity index is 2.33. The van der Waals surface area contributed by atoms with Crippen LogP contribution in [0.4, 0.5) is 0 Å². The van der Waals surface area contributed by atoms with Crippen molar-refractivity contribution in [2.75, 3.05) is 5.88 Å². The summed E-state index contributed by atoms with van der Waals surface area (Å²) >= 11 is 6.03. The van der Waals surface area contributed by atoms with Gasteiger partial charge in [0.15, 0.2) is 0 Å². The standard InChI is InChI=1S/C13H24ClNO/c1-2-3-5-8-12(16)15-13(11-14)9-6-4-7-10-13/h2-11H2,1H3,(H,15,16). The van der Waals surface area contributed by atoms with Crippen LogP contribution in [0.2, 0.25) is 0 Å². The smallest absolute Gasteiger partial charge is 0.220 e. The van der Waals surface area contributed by atoms with E-state index in [9.17, 15) is 4.79 Å². The predicted octanol–water partition coefficient (Wildman–Crippen LogP) is 3.62. The lowest BCUT2D eigenvalue weighted by Gasteiger charge is -2.36. The number of alkyl halides is 1. The topological polar surface area (TPSA) is 29.1 Å². The molecule has 1 N–H and O–H groups in total. The molecule has 0 aromatic rings. The first-order valence-electron chi connectivity index (χ1n) is 6.59. The van der Waals surface area contributed by atoms with Crippen LogP contribution in [0, 0.1) is 0 Å². The number of carbonyl (C=O) groups excluding carboxylic acids is 1. The summed E-state index contributed by atoms with van der Waals surface area (Å²) in [5.41, 5.74) is -0.0941. The summed E-state index contributed by atoms with van der Waals surface area (Å²) in [7, 11) is 0. The Morgan fingerprint density at radius 2 is 1.94 bits per heavy atom. The second-order valence-corrected chi connectivity index (χ2v) is 5.25. The van der Waals surface area contributed by atoms with Gasteiger partial charge in [0, 0.05) is 12.3 Å². The second-order valence-electron chi connectivity index (χ2n) is 4.98. The Bertz CT molecular complexity index is 212. The molecule has 1 amide bonds. The second kappa shape index (κ2) is 7.16. The van der Waals surface area contributed by atoms with Crippen molar-refractivity contribution >= 4 is 17.5 Å². The van der Waals surface area contributed by atoms with Crippen molar-refractivity contribution in [2.45, 2.75) is 70.3 Å². The summed E-state index contributed by atoms with van der Waals surface area (Å²) in [4.78, 5) is 11.8. The average Bonchev–Trinajstić information content (AvgIpc) is 2.30. The number of unbranched alkanes of at least 4 members (excludes halogenated alkanes) is 2. The lowest BCUT2D eigenvalue weighted by atomic mass is 9.83. The first kappa shape index (κ1) is 13.8. The molecule has 16 heavy (non-hydrogen) atoms. The summed E-state index contributed by atoms with van der Waals surface area (Å²) in [5.74, 6) is 0.753. The number of hydrogen-bond acceptors (Lipinski definition) is 1. The highest BCUT2D eigenvalue weighted by Gasteiger charge is 2.32. The van der Waals surface area contributed by atoms with Crippen LogP contribution >= 0.6 is 11.6 Å². The van der Waals surface area contributed by atoms with E-state index < -0.39 is 0 Å². The third kappa shape index (κ3) is 4.32. The Morgan fingerprint density at radius 3 is 2.50 bits per heavy atom. The molecule has 0 aromatic carbocycles. The fraction of sp³-hybridized carbons (Fsp3) is 0.923. The predicted molar refractivity (Wildman–Crippen MR) is 68.8 cm³/mol. The van der Waals surface area contributed by atoms with E-state index in [1.165, 1.54) is 19.3 Å². The number of hydrogen-bond donors (Lipinski definition) is 1. The van der Waals surface area contributed by atoms with Gasteiger partial charge in [-0.05, 0) is 19.3 Å². The summed E-state index contributed by atoms with van der Waals surface area (Å²) in [5, 5.41) is 3.17. The zero-order valence-corrected chi connectivity index (χ0v) is 11.1. The molecule has 0 aliphatic heterocycles. The van der Waals surface area contributed by atoms with Crippen molar-refractivity contribution in [2.24, 2.45) is 0 Å². The van der Waals surface area contributed by atoms with Crippen LogP contribution in [0.25, 0.3) is 0 Å². The Morgan fingerprint density at radius 1 is 1.25 bits per heavy atom. The van der Waals surface area contributed by atoms with Crippen LogP contribution in [-0.4, -0.2) is 17.3 Å². The van der Waals surface area contributed by atoms with E-state index in [0.717, 1.165) is 32.1 Å². The lowest BCUT2D eigenvalue weighted by Crippen LogP contribution is -2.51. The molecule has 1 aliphatic rings. The number of rotatable bonds is 6. The molecule has 0 bridgehead atoms. The van der Waals surface area contributed by atoms with Gasteiger partial charge in [0.2, 0.25) is 5.91 Å². The molecule has 2 nitrogen and oxygen atoms in total. The molecule has 0 saturated heterocycles. The fourth-order valence-corrected chi connectivity index (χ4v) is 2.75. The minimum absolute atomic E-state index is 0.0941. The summed E-state index contributed by atoms with van der Waals surface area (Å²) in [6.45, 7) is 2.15. The minimum Gasteiger partial charge on any atom is -0.349 e. The Kier molecular flexibility index (Phi) is 6.18. The summed E-state index contributed by atoms with van der Waals surface area (Å²) in [6, 6.07) is 0. The maximum absolute atomic E-state index is 11.8. The maximum Gasteiger partial charge on any atom is 0.220 e. The van der Waals surface area contributed by atoms with Gasteiger partial charge in [-0.1, -0.05) is 39.0 Å². The monoisotopic (exact) mass is 245 g/mol. The molecular weight excluding hydrogens is 222 g/mol. The third-order valence-electron chi connectivity index (χ3n) is 3.48. The van der Waals surface area contributed by atoms with Crippen LogP contribution < -0.4 is 5.32 Å². The molecule has 0 spiro atoms. The van der Waals surface area contributed by atoms with Crippen molar-refractivity contribution in [3.63, 3.8) is 0 Å². The van der Waals surface area contributed by atoms with Crippen molar-refractivity contribution in [3.8, 4) is 0 Å². The van der Waals surface area contributed by atoms with Gasteiger partial charge in [-0.3, -0.25) is 4.79 Å². The number of amides is 1. The number of carbonyl (C=O) groups is 1. The molecule has 1 aliphatic carbocycles. The van der Waals surface area contributed by atoms with Gasteiger partial charge >= 0.3 is 0 Å². The Labute approximate surface area is 104 Å². The number of nitrogens with one attached hydrogen (secondary N) is 1. The molecule has 0 heterocycles. The molecule has 94 valence electrons. The van der Waals surface area contributed by atoms with Crippen molar-refractivity contribution in [3.05, 3.63) is 0 Å². The van der Waals surface area contributed by atoms with Crippen LogP contribution in [0.3, 0.4) is 0 Å². The van der Waals surface area contributed by atoms with E-state index in [1.807, 2.05) is 0 Å². The van der Waals surface area contributed by atoms with Crippen molar-refractivity contribution < 1.29 is 4.79 Å². The van der Waals surface area contributed by atoms with Crippen LogP contribution in [0.1, 0.15) is 64.7 Å². The Hall–Kier alpha value is -0.240. The molecule has 0 radical (unpaired) electrons. The van der Waals surface area contributed by atoms with E-state index in [2.05, 4.69) is 12.2 Å². The van der Waals surface area contributed by atoms with Crippen molar-refractivity contribution in [1.29, 1.82) is 0 Å². The minimum atomic E-state index is -0.0941. The van der Waals surface area contributed by atoms with Gasteiger partial charge in [-0.15, -0.1) is 11.6 Å². The molecule has 1 rings (SSSR count). The van der Waals surface area contributed by atoms with Crippen LogP contribution in [-0.2, 0) is 4.79 Å². The van der Waals surface area contributed by atoms with Gasteiger partial charge < -0.3 is 5.32 Å². The van der Waals surface area contributed by atoms with Gasteiger partial charge in [0.1, 0.15) is 0 Å². The van der Waals surface area contributed by atoms with Crippen LogP contribution in [0.15, 0.2) is 0 Å². The molecule has 0 unspecified atom stereocenters. The van der Waals surface area contributed by atoms with E-state index in [4.69, 9.17) is 11.6 Å². The van der Waals surface area contributed by atoms with E-state index in [0.29, 0.717) is 12.3 Å². The van der Waals surface area contributed by atoms with Gasteiger partial charge in [-0.2, -0.15) is 0 Å². The SMILES string of the molecule is CCCCCC(=O)NC1(CCl)CCCCC1. The molecule has 0 atom stereocenters. The average molecular weight is 246 g/mol. The molecule has 1 saturated carbocycles. The van der Waals surface area contributed by atoms with E-state index >= 15 is 0 Å². The van der Waals surface area contributed by atoms with Crippen molar-refractivity contribution in [1.82, 2.24) is 5.32 Å².